The topological polar surface area (TPSA) is 0 Å². The smallest absolute Gasteiger partial charge is 1.00 e. The Kier molecular flexibility index (Phi) is 13.0. The third kappa shape index (κ3) is 7.62. The zero-order valence-corrected chi connectivity index (χ0v) is 37.2. The molecule has 260 valence electrons. The van der Waals surface area contributed by atoms with Gasteiger partial charge < -0.3 is 24.8 Å². The Hall–Kier alpha value is -2.22. The van der Waals surface area contributed by atoms with Gasteiger partial charge in [0.15, 0.2) is 0 Å². The monoisotopic (exact) mass is 794 g/mol. The fraction of sp³-hybridized carbons (Fsp3) is 0.348. The fourth-order valence-electron chi connectivity index (χ4n) is 7.99. The minimum absolute atomic E-state index is 0. The molecule has 0 amide bonds. The average Bonchev–Trinajstić information content (AvgIpc) is 3.67. The average molecular weight is 797 g/mol. The molecule has 1 aliphatic rings. The van der Waals surface area contributed by atoms with E-state index in [0.717, 1.165) is 6.42 Å². The van der Waals surface area contributed by atoms with Crippen molar-refractivity contribution in [1.82, 2.24) is 0 Å². The van der Waals surface area contributed by atoms with Gasteiger partial charge in [-0.3, -0.25) is 0 Å². The quantitative estimate of drug-likeness (QED) is 0.148. The number of hydrogen-bond donors (Lipinski definition) is 0. The van der Waals surface area contributed by atoms with Gasteiger partial charge in [-0.25, -0.2) is 0 Å². The van der Waals surface area contributed by atoms with E-state index in [9.17, 15) is 0 Å². The Morgan fingerprint density at radius 2 is 1.22 bits per heavy atom. The van der Waals surface area contributed by atoms with Crippen molar-refractivity contribution in [3.05, 3.63) is 119 Å². The van der Waals surface area contributed by atoms with Gasteiger partial charge in [0.05, 0.1) is 8.07 Å². The van der Waals surface area contributed by atoms with Crippen LogP contribution < -0.4 is 35.2 Å². The van der Waals surface area contributed by atoms with Crippen molar-refractivity contribution in [2.24, 2.45) is 0 Å². The Morgan fingerprint density at radius 1 is 0.680 bits per heavy atom. The Bertz CT molecular complexity index is 2080. The van der Waals surface area contributed by atoms with Crippen LogP contribution in [0.5, 0.6) is 0 Å². The molecule has 0 saturated carbocycles. The van der Waals surface area contributed by atoms with Crippen molar-refractivity contribution >= 4 is 40.0 Å². The van der Waals surface area contributed by atoms with Gasteiger partial charge in [0, 0.05) is 0 Å². The zero-order valence-electron chi connectivity index (χ0n) is 32.2. The van der Waals surface area contributed by atoms with Crippen molar-refractivity contribution in [2.75, 3.05) is 0 Å². The summed E-state index contributed by atoms with van der Waals surface area (Å²) in [5.74, 6) is 0.573. The van der Waals surface area contributed by atoms with E-state index in [1.54, 1.807) is 26.9 Å². The van der Waals surface area contributed by atoms with E-state index in [2.05, 4.69) is 173 Å². The molecule has 6 aromatic rings. The fourth-order valence-corrected chi connectivity index (χ4v) is 12.1. The summed E-state index contributed by atoms with van der Waals surface area (Å²) in [5.41, 5.74) is 13.3. The van der Waals surface area contributed by atoms with Gasteiger partial charge in [-0.15, -0.1) is 68.2 Å². The van der Waals surface area contributed by atoms with E-state index < -0.39 is 8.07 Å². The van der Waals surface area contributed by atoms with Gasteiger partial charge in [0.25, 0.3) is 0 Å². The molecular formula is C46H54Cl2SiZr. The first kappa shape index (κ1) is 42.2. The second-order valence-electron chi connectivity index (χ2n) is 16.8. The molecule has 1 aliphatic heterocycles. The minimum atomic E-state index is -1.60. The van der Waals surface area contributed by atoms with Crippen molar-refractivity contribution < 1.29 is 51.0 Å². The number of rotatable bonds is 4. The standard InChI is InChI=1S/C24H29Si.C22H25.2ClH.Zr/c1-8-16-14-18-13-15(2)22-20(21(18)23(16)25(22,6)7)17-9-11-19(12-10-17)24(3,4)5;1-15(2)18-13-17-7-6-8-20(21(17)14-18)16-9-11-19(12-10-16)22(3,4)5;;;/h9-14H,8H2,1-7H3;6-15H,1-5H3;2*1H;/q2*-1;;;+4/p-2. The van der Waals surface area contributed by atoms with Crippen molar-refractivity contribution in [2.45, 2.75) is 106 Å². The third-order valence-electron chi connectivity index (χ3n) is 10.6. The third-order valence-corrected chi connectivity index (χ3v) is 14.3. The molecule has 0 radical (unpaired) electrons. The normalized spacial score (nSPS) is 13.1. The van der Waals surface area contributed by atoms with Crippen LogP contribution in [-0.2, 0) is 43.5 Å². The molecule has 0 N–H and O–H groups in total. The van der Waals surface area contributed by atoms with Crippen molar-refractivity contribution in [1.29, 1.82) is 0 Å². The molecule has 1 heterocycles. The number of fused-ring (bicyclic) bond motifs is 2. The van der Waals surface area contributed by atoms with Crippen LogP contribution in [0.4, 0.5) is 0 Å². The molecule has 2 bridgehead atoms. The molecule has 0 saturated heterocycles. The van der Waals surface area contributed by atoms with Crippen molar-refractivity contribution in [3.63, 3.8) is 0 Å². The van der Waals surface area contributed by atoms with Gasteiger partial charge in [0.2, 0.25) is 0 Å². The molecule has 0 spiro atoms. The van der Waals surface area contributed by atoms with Crippen molar-refractivity contribution in [3.8, 4) is 22.3 Å². The molecular weight excluding hydrogens is 743 g/mol. The maximum absolute atomic E-state index is 2.54. The van der Waals surface area contributed by atoms with Crippen LogP contribution in [-0.4, -0.2) is 8.07 Å². The number of aryl methyl sites for hydroxylation is 2. The summed E-state index contributed by atoms with van der Waals surface area (Å²) in [4.78, 5) is 0. The minimum Gasteiger partial charge on any atom is -1.00 e. The molecule has 0 aliphatic carbocycles. The first-order valence-electron chi connectivity index (χ1n) is 17.7. The predicted molar refractivity (Wildman–Crippen MR) is 212 cm³/mol. The Balaban J connectivity index is 0.000000257. The van der Waals surface area contributed by atoms with E-state index in [1.807, 2.05) is 0 Å². The van der Waals surface area contributed by atoms with Gasteiger partial charge >= 0.3 is 26.2 Å². The predicted octanol–water partition coefficient (Wildman–Crippen LogP) is 6.18. The van der Waals surface area contributed by atoms with E-state index in [-0.39, 0.29) is 61.8 Å². The molecule has 4 heteroatoms. The van der Waals surface area contributed by atoms with Crippen LogP contribution in [0.25, 0.3) is 43.8 Å². The summed E-state index contributed by atoms with van der Waals surface area (Å²) >= 11 is 0. The molecule has 6 aromatic carbocycles. The summed E-state index contributed by atoms with van der Waals surface area (Å²) in [5, 5.41) is 9.13. The summed E-state index contributed by atoms with van der Waals surface area (Å²) in [6, 6.07) is 34.6. The molecule has 0 atom stereocenters. The number of hydrogen-bond acceptors (Lipinski definition) is 0. The van der Waals surface area contributed by atoms with E-state index in [0.29, 0.717) is 5.92 Å². The Labute approximate surface area is 335 Å². The first-order chi connectivity index (χ1) is 22.0. The van der Waals surface area contributed by atoms with Gasteiger partial charge in [-0.2, -0.15) is 6.07 Å². The number of benzene rings is 4. The largest absolute Gasteiger partial charge is 4.00 e. The summed E-state index contributed by atoms with van der Waals surface area (Å²) in [6.45, 7) is 27.9. The van der Waals surface area contributed by atoms with Gasteiger partial charge in [-0.1, -0.05) is 152 Å². The second kappa shape index (κ2) is 15.4. The summed E-state index contributed by atoms with van der Waals surface area (Å²) < 4.78 is 0. The Morgan fingerprint density at radius 3 is 1.72 bits per heavy atom. The van der Waals surface area contributed by atoms with E-state index >= 15 is 0 Å². The maximum Gasteiger partial charge on any atom is 4.00 e. The molecule has 50 heavy (non-hydrogen) atoms. The zero-order chi connectivity index (χ0) is 34.1. The maximum atomic E-state index is 2.54. The SMILES string of the molecule is CC(C)c1cc2c(-c3ccc(C(C)(C)C)cc3)cccc2[cH-]1.CCc1[cH-]c2cc(C)c3c(-c4ccc(C(C)(C)C)cc4)c2c1[Si]3(C)C.[Cl-].[Cl-].[Zr+4]. The first-order valence-corrected chi connectivity index (χ1v) is 20.7. The molecule has 7 rings (SSSR count). The number of halogens is 2. The van der Waals surface area contributed by atoms with Crippen LogP contribution in [0.1, 0.15) is 96.0 Å². The molecule has 0 unspecified atom stereocenters. The second-order valence-corrected chi connectivity index (χ2v) is 21.1. The van der Waals surface area contributed by atoms with Crippen LogP contribution in [0.15, 0.2) is 91.0 Å². The van der Waals surface area contributed by atoms with Crippen LogP contribution >= 0.6 is 0 Å². The molecule has 0 fully saturated rings. The van der Waals surface area contributed by atoms with E-state index in [1.165, 1.54) is 55.1 Å². The molecule has 0 nitrogen and oxygen atoms in total. The van der Waals surface area contributed by atoms with Crippen LogP contribution in [0.3, 0.4) is 0 Å². The van der Waals surface area contributed by atoms with Gasteiger partial charge in [-0.05, 0) is 52.3 Å². The van der Waals surface area contributed by atoms with E-state index in [4.69, 9.17) is 0 Å². The molecule has 0 aromatic heterocycles. The van der Waals surface area contributed by atoms with Crippen LogP contribution in [0, 0.1) is 6.92 Å². The summed E-state index contributed by atoms with van der Waals surface area (Å²) in [6.07, 6.45) is 1.15. The summed E-state index contributed by atoms with van der Waals surface area (Å²) in [7, 11) is -1.60. The van der Waals surface area contributed by atoms with Crippen LogP contribution in [0.2, 0.25) is 13.1 Å². The van der Waals surface area contributed by atoms with Gasteiger partial charge in [0.1, 0.15) is 0 Å².